The highest BCUT2D eigenvalue weighted by Gasteiger charge is 2.13. The predicted molar refractivity (Wildman–Crippen MR) is 51.0 cm³/mol. The molecule has 0 aromatic heterocycles. The van der Waals surface area contributed by atoms with E-state index in [0.29, 0.717) is 11.8 Å². The van der Waals surface area contributed by atoms with Gasteiger partial charge in [-0.05, 0) is 12.8 Å². The van der Waals surface area contributed by atoms with Crippen molar-refractivity contribution in [2.45, 2.75) is 40.9 Å². The first-order valence-electron chi connectivity index (χ1n) is 4.81. The van der Waals surface area contributed by atoms with Crippen LogP contribution in [0, 0.1) is 11.8 Å². The Morgan fingerprint density at radius 2 is 1.58 bits per heavy atom. The topological polar surface area (TPSA) is 18.5 Å². The molecule has 12 heavy (non-hydrogen) atoms. The molecular weight excluding hydrogens is 152 g/mol. The number of ether oxygens (including phenoxy) is 2. The van der Waals surface area contributed by atoms with Gasteiger partial charge in [-0.2, -0.15) is 0 Å². The molecule has 0 aromatic carbocycles. The normalized spacial score (nSPS) is 14.2. The summed E-state index contributed by atoms with van der Waals surface area (Å²) in [5.41, 5.74) is 0. The lowest BCUT2D eigenvalue weighted by Crippen LogP contribution is -2.25. The van der Waals surface area contributed by atoms with Gasteiger partial charge in [-0.3, -0.25) is 0 Å². The summed E-state index contributed by atoms with van der Waals surface area (Å²) in [6.45, 7) is 12.0. The average Bonchev–Trinajstić information content (AvgIpc) is 1.96. The molecule has 0 aliphatic heterocycles. The predicted octanol–water partition coefficient (Wildman–Crippen LogP) is 2.68. The highest BCUT2D eigenvalue weighted by Crippen LogP contribution is 2.09. The van der Waals surface area contributed by atoms with E-state index in [1.165, 1.54) is 0 Å². The molecule has 0 fully saturated rings. The van der Waals surface area contributed by atoms with Crippen LogP contribution in [0.15, 0.2) is 0 Å². The van der Waals surface area contributed by atoms with Crippen molar-refractivity contribution in [3.63, 3.8) is 0 Å². The van der Waals surface area contributed by atoms with Crippen molar-refractivity contribution in [3.8, 4) is 0 Å². The molecular formula is C10H22O2. The lowest BCUT2D eigenvalue weighted by Gasteiger charge is -2.22. The van der Waals surface area contributed by atoms with E-state index in [2.05, 4.69) is 27.7 Å². The Hall–Kier alpha value is -0.0800. The van der Waals surface area contributed by atoms with Crippen molar-refractivity contribution in [3.05, 3.63) is 0 Å². The van der Waals surface area contributed by atoms with Crippen LogP contribution in [0.1, 0.15) is 34.6 Å². The highest BCUT2D eigenvalue weighted by molar-refractivity contribution is 4.51. The Morgan fingerprint density at radius 1 is 1.00 bits per heavy atom. The molecule has 0 radical (unpaired) electrons. The van der Waals surface area contributed by atoms with Crippen LogP contribution in [0.2, 0.25) is 0 Å². The maximum absolute atomic E-state index is 5.58. The molecule has 0 aliphatic rings. The zero-order chi connectivity index (χ0) is 9.56. The molecule has 2 nitrogen and oxygen atoms in total. The smallest absolute Gasteiger partial charge is 0.159 e. The second-order valence-corrected chi connectivity index (χ2v) is 3.79. The van der Waals surface area contributed by atoms with E-state index in [4.69, 9.17) is 9.47 Å². The Kier molecular flexibility index (Phi) is 6.39. The van der Waals surface area contributed by atoms with Gasteiger partial charge in [0.25, 0.3) is 0 Å². The lowest BCUT2D eigenvalue weighted by atomic mass is 10.2. The van der Waals surface area contributed by atoms with Gasteiger partial charge >= 0.3 is 0 Å². The molecule has 0 saturated carbocycles. The summed E-state index contributed by atoms with van der Waals surface area (Å²) in [4.78, 5) is 0. The third-order valence-electron chi connectivity index (χ3n) is 1.47. The fourth-order valence-electron chi connectivity index (χ4n) is 0.885. The molecule has 0 rings (SSSR count). The zero-order valence-electron chi connectivity index (χ0n) is 8.96. The van der Waals surface area contributed by atoms with Crippen molar-refractivity contribution in [1.29, 1.82) is 0 Å². The molecule has 0 amide bonds. The largest absolute Gasteiger partial charge is 0.353 e. The van der Waals surface area contributed by atoms with Crippen LogP contribution in [-0.2, 0) is 9.47 Å². The van der Waals surface area contributed by atoms with Crippen molar-refractivity contribution in [2.24, 2.45) is 11.8 Å². The van der Waals surface area contributed by atoms with Gasteiger partial charge in [0, 0.05) is 12.5 Å². The van der Waals surface area contributed by atoms with Gasteiger partial charge in [-0.1, -0.05) is 27.7 Å². The molecule has 0 aromatic rings. The van der Waals surface area contributed by atoms with E-state index < -0.39 is 0 Å². The van der Waals surface area contributed by atoms with Crippen LogP contribution >= 0.6 is 0 Å². The van der Waals surface area contributed by atoms with Crippen LogP contribution in [0.4, 0.5) is 0 Å². The van der Waals surface area contributed by atoms with Crippen molar-refractivity contribution >= 4 is 0 Å². The van der Waals surface area contributed by atoms with E-state index >= 15 is 0 Å². The van der Waals surface area contributed by atoms with Gasteiger partial charge in [-0.25, -0.2) is 0 Å². The molecule has 2 heteroatoms. The quantitative estimate of drug-likeness (QED) is 0.576. The summed E-state index contributed by atoms with van der Waals surface area (Å²) >= 11 is 0. The fourth-order valence-corrected chi connectivity index (χ4v) is 0.885. The van der Waals surface area contributed by atoms with Gasteiger partial charge in [0.2, 0.25) is 0 Å². The summed E-state index contributed by atoms with van der Waals surface area (Å²) in [5, 5.41) is 0. The van der Waals surface area contributed by atoms with Gasteiger partial charge in [0.1, 0.15) is 0 Å². The molecule has 0 heterocycles. The van der Waals surface area contributed by atoms with Crippen LogP contribution in [0.25, 0.3) is 0 Å². The minimum Gasteiger partial charge on any atom is -0.353 e. The first kappa shape index (κ1) is 11.9. The molecule has 74 valence electrons. The van der Waals surface area contributed by atoms with Crippen LogP contribution < -0.4 is 0 Å². The Bertz CT molecular complexity index is 100. The maximum atomic E-state index is 5.58. The summed E-state index contributed by atoms with van der Waals surface area (Å²) in [7, 11) is 0. The molecule has 0 saturated heterocycles. The van der Waals surface area contributed by atoms with Crippen molar-refractivity contribution < 1.29 is 9.47 Å². The van der Waals surface area contributed by atoms with Crippen LogP contribution in [-0.4, -0.2) is 19.5 Å². The standard InChI is InChI=1S/C10H22O2/c1-6-11-10(9(4)5)12-7-8(2)3/h8-10H,6-7H2,1-5H3. The number of hydrogen-bond donors (Lipinski definition) is 0. The van der Waals surface area contributed by atoms with E-state index in [0.717, 1.165) is 13.2 Å². The zero-order valence-corrected chi connectivity index (χ0v) is 8.96. The monoisotopic (exact) mass is 174 g/mol. The molecule has 0 N–H and O–H groups in total. The van der Waals surface area contributed by atoms with E-state index in [-0.39, 0.29) is 6.29 Å². The molecule has 0 spiro atoms. The third-order valence-corrected chi connectivity index (χ3v) is 1.47. The first-order chi connectivity index (χ1) is 5.57. The lowest BCUT2D eigenvalue weighted by molar-refractivity contribution is -0.168. The summed E-state index contributed by atoms with van der Waals surface area (Å²) in [5.74, 6) is 1.01. The SMILES string of the molecule is CCOC(OCC(C)C)C(C)C. The van der Waals surface area contributed by atoms with Gasteiger partial charge < -0.3 is 9.47 Å². The highest BCUT2D eigenvalue weighted by atomic mass is 16.7. The molecule has 0 bridgehead atoms. The molecule has 1 unspecified atom stereocenters. The van der Waals surface area contributed by atoms with E-state index in [1.54, 1.807) is 0 Å². The van der Waals surface area contributed by atoms with E-state index in [9.17, 15) is 0 Å². The second-order valence-electron chi connectivity index (χ2n) is 3.79. The van der Waals surface area contributed by atoms with Crippen LogP contribution in [0.5, 0.6) is 0 Å². The third kappa shape index (κ3) is 5.56. The maximum Gasteiger partial charge on any atom is 0.159 e. The van der Waals surface area contributed by atoms with Gasteiger partial charge in [0.15, 0.2) is 6.29 Å². The van der Waals surface area contributed by atoms with E-state index in [1.807, 2.05) is 6.92 Å². The fraction of sp³-hybridized carbons (Fsp3) is 1.00. The van der Waals surface area contributed by atoms with Gasteiger partial charge in [-0.15, -0.1) is 0 Å². The Labute approximate surface area is 76.3 Å². The summed E-state index contributed by atoms with van der Waals surface area (Å²) < 4.78 is 11.0. The minimum atomic E-state index is -0.0302. The number of hydrogen-bond acceptors (Lipinski definition) is 2. The first-order valence-corrected chi connectivity index (χ1v) is 4.81. The number of rotatable bonds is 6. The molecule has 0 aliphatic carbocycles. The van der Waals surface area contributed by atoms with Crippen molar-refractivity contribution in [1.82, 2.24) is 0 Å². The minimum absolute atomic E-state index is 0.0302. The Balaban J connectivity index is 3.63. The van der Waals surface area contributed by atoms with Gasteiger partial charge in [0.05, 0.1) is 6.61 Å². The Morgan fingerprint density at radius 3 is 1.92 bits per heavy atom. The second kappa shape index (κ2) is 6.44. The van der Waals surface area contributed by atoms with Crippen molar-refractivity contribution in [2.75, 3.05) is 13.2 Å². The van der Waals surface area contributed by atoms with Crippen LogP contribution in [0.3, 0.4) is 0 Å². The average molecular weight is 174 g/mol. The molecule has 1 atom stereocenters. The summed E-state index contributed by atoms with van der Waals surface area (Å²) in [6.07, 6.45) is -0.0302. The summed E-state index contributed by atoms with van der Waals surface area (Å²) in [6, 6.07) is 0.